The van der Waals surface area contributed by atoms with Crippen LogP contribution in [0.4, 0.5) is 0 Å². The van der Waals surface area contributed by atoms with E-state index < -0.39 is 0 Å². The monoisotopic (exact) mass is 374 g/mol. The van der Waals surface area contributed by atoms with Gasteiger partial charge in [0.1, 0.15) is 0 Å². The Morgan fingerprint density at radius 3 is 2.91 bits per heavy atom. The van der Waals surface area contributed by atoms with Gasteiger partial charge in [-0.1, -0.05) is 22.0 Å². The standard InChI is InChI=1S/C19H23BrN2O/c1-13-5-6-14(20)10-16(13)19(7-8-19)17-12-21-22-18(17)11-15-4-2-3-9-23-15/h5-6,10,12,15H,2-4,7-9,11H2,1H3,(H,21,22)/t15-/m0/s1. The summed E-state index contributed by atoms with van der Waals surface area (Å²) >= 11 is 3.63. The molecule has 1 aromatic heterocycles. The van der Waals surface area contributed by atoms with E-state index in [0.717, 1.165) is 17.5 Å². The first kappa shape index (κ1) is 15.4. The second-order valence-electron chi connectivity index (χ2n) is 7.00. The molecule has 0 bridgehead atoms. The Hall–Kier alpha value is -1.13. The van der Waals surface area contributed by atoms with Crippen molar-refractivity contribution in [1.29, 1.82) is 0 Å². The average molecular weight is 375 g/mol. The predicted octanol–water partition coefficient (Wildman–Crippen LogP) is 4.67. The van der Waals surface area contributed by atoms with Crippen LogP contribution in [0.1, 0.15) is 54.5 Å². The summed E-state index contributed by atoms with van der Waals surface area (Å²) in [7, 11) is 0. The normalized spacial score (nSPS) is 23.0. The zero-order valence-corrected chi connectivity index (χ0v) is 15.2. The lowest BCUT2D eigenvalue weighted by Crippen LogP contribution is -2.23. The van der Waals surface area contributed by atoms with Crippen LogP contribution in [-0.4, -0.2) is 22.9 Å². The SMILES string of the molecule is Cc1ccc(Br)cc1C1(c2cn[nH]c2C[C@@H]2CCCCO2)CC1. The second-order valence-corrected chi connectivity index (χ2v) is 7.91. The van der Waals surface area contributed by atoms with Gasteiger partial charge in [-0.15, -0.1) is 0 Å². The number of aromatic amines is 1. The lowest BCUT2D eigenvalue weighted by molar-refractivity contribution is 0.0161. The zero-order chi connectivity index (χ0) is 15.9. The molecular weight excluding hydrogens is 352 g/mol. The Morgan fingerprint density at radius 2 is 2.17 bits per heavy atom. The molecule has 4 heteroatoms. The summed E-state index contributed by atoms with van der Waals surface area (Å²) in [6.45, 7) is 3.12. The van der Waals surface area contributed by atoms with Gasteiger partial charge in [0.15, 0.2) is 0 Å². The summed E-state index contributed by atoms with van der Waals surface area (Å²) in [4.78, 5) is 0. The highest BCUT2D eigenvalue weighted by Gasteiger charge is 2.48. The van der Waals surface area contributed by atoms with Crippen molar-refractivity contribution in [3.05, 3.63) is 51.3 Å². The zero-order valence-electron chi connectivity index (χ0n) is 13.6. The van der Waals surface area contributed by atoms with Crippen molar-refractivity contribution in [2.45, 2.75) is 57.0 Å². The fourth-order valence-corrected chi connectivity index (χ4v) is 4.36. The topological polar surface area (TPSA) is 37.9 Å². The first-order valence-electron chi connectivity index (χ1n) is 8.60. The molecule has 4 rings (SSSR count). The van der Waals surface area contributed by atoms with Gasteiger partial charge in [-0.3, -0.25) is 5.10 Å². The van der Waals surface area contributed by atoms with Gasteiger partial charge in [0.2, 0.25) is 0 Å². The van der Waals surface area contributed by atoms with Crippen molar-refractivity contribution in [3.63, 3.8) is 0 Å². The molecule has 1 N–H and O–H groups in total. The quantitative estimate of drug-likeness (QED) is 0.843. The Bertz CT molecular complexity index is 699. The van der Waals surface area contributed by atoms with Crippen molar-refractivity contribution in [3.8, 4) is 0 Å². The molecule has 2 aromatic rings. The van der Waals surface area contributed by atoms with Gasteiger partial charge >= 0.3 is 0 Å². The van der Waals surface area contributed by atoms with Gasteiger partial charge in [-0.05, 0) is 62.3 Å². The molecule has 0 spiro atoms. The minimum Gasteiger partial charge on any atom is -0.378 e. The molecule has 2 fully saturated rings. The number of benzene rings is 1. The molecule has 0 amide bonds. The third-order valence-corrected chi connectivity index (χ3v) is 5.90. The maximum absolute atomic E-state index is 5.93. The first-order chi connectivity index (χ1) is 11.2. The average Bonchev–Trinajstić information content (AvgIpc) is 3.23. The highest BCUT2D eigenvalue weighted by molar-refractivity contribution is 9.10. The first-order valence-corrected chi connectivity index (χ1v) is 9.39. The molecule has 1 atom stereocenters. The number of ether oxygens (including phenoxy) is 1. The molecular formula is C19H23BrN2O. The molecule has 1 saturated heterocycles. The molecule has 23 heavy (non-hydrogen) atoms. The van der Waals surface area contributed by atoms with Gasteiger partial charge in [0, 0.05) is 34.2 Å². The largest absolute Gasteiger partial charge is 0.378 e. The lowest BCUT2D eigenvalue weighted by atomic mass is 9.84. The summed E-state index contributed by atoms with van der Waals surface area (Å²) in [6, 6.07) is 6.63. The van der Waals surface area contributed by atoms with Crippen LogP contribution < -0.4 is 0 Å². The van der Waals surface area contributed by atoms with Crippen LogP contribution in [0, 0.1) is 6.92 Å². The Balaban J connectivity index is 1.65. The minimum absolute atomic E-state index is 0.158. The molecule has 1 aliphatic carbocycles. The highest BCUT2D eigenvalue weighted by Crippen LogP contribution is 2.55. The summed E-state index contributed by atoms with van der Waals surface area (Å²) < 4.78 is 7.09. The van der Waals surface area contributed by atoms with E-state index in [1.54, 1.807) is 0 Å². The van der Waals surface area contributed by atoms with E-state index in [1.807, 2.05) is 6.20 Å². The van der Waals surface area contributed by atoms with Crippen molar-refractivity contribution in [2.75, 3.05) is 6.61 Å². The number of H-pyrrole nitrogens is 1. The van der Waals surface area contributed by atoms with Crippen molar-refractivity contribution >= 4 is 15.9 Å². The number of nitrogens with one attached hydrogen (secondary N) is 1. The van der Waals surface area contributed by atoms with Crippen LogP contribution in [0.25, 0.3) is 0 Å². The maximum atomic E-state index is 5.93. The molecule has 0 radical (unpaired) electrons. The van der Waals surface area contributed by atoms with E-state index in [-0.39, 0.29) is 5.41 Å². The van der Waals surface area contributed by atoms with Gasteiger partial charge < -0.3 is 4.74 Å². The van der Waals surface area contributed by atoms with Gasteiger partial charge in [-0.2, -0.15) is 5.10 Å². The van der Waals surface area contributed by atoms with Crippen LogP contribution in [0.5, 0.6) is 0 Å². The summed E-state index contributed by atoms with van der Waals surface area (Å²) in [6.07, 6.45) is 9.43. The van der Waals surface area contributed by atoms with Gasteiger partial charge in [0.05, 0.1) is 12.3 Å². The Kier molecular flexibility index (Phi) is 4.06. The fourth-order valence-electron chi connectivity index (χ4n) is 4.00. The van der Waals surface area contributed by atoms with E-state index in [0.29, 0.717) is 6.10 Å². The molecule has 2 aliphatic rings. The van der Waals surface area contributed by atoms with Crippen LogP contribution in [0.15, 0.2) is 28.9 Å². The number of nitrogens with zero attached hydrogens (tertiary/aromatic N) is 1. The lowest BCUT2D eigenvalue weighted by Gasteiger charge is -2.24. The van der Waals surface area contributed by atoms with Crippen LogP contribution in [0.3, 0.4) is 0 Å². The number of hydrogen-bond donors (Lipinski definition) is 1. The van der Waals surface area contributed by atoms with Gasteiger partial charge in [0.25, 0.3) is 0 Å². The van der Waals surface area contributed by atoms with E-state index in [2.05, 4.69) is 51.3 Å². The third-order valence-electron chi connectivity index (χ3n) is 5.40. The molecule has 2 heterocycles. The smallest absolute Gasteiger partial charge is 0.0630 e. The molecule has 122 valence electrons. The van der Waals surface area contributed by atoms with E-state index in [4.69, 9.17) is 4.74 Å². The minimum atomic E-state index is 0.158. The van der Waals surface area contributed by atoms with Crippen molar-refractivity contribution < 1.29 is 4.74 Å². The summed E-state index contributed by atoms with van der Waals surface area (Å²) in [5.74, 6) is 0. The van der Waals surface area contributed by atoms with E-state index >= 15 is 0 Å². The van der Waals surface area contributed by atoms with Gasteiger partial charge in [-0.25, -0.2) is 0 Å². The maximum Gasteiger partial charge on any atom is 0.0630 e. The molecule has 0 unspecified atom stereocenters. The number of aromatic nitrogens is 2. The van der Waals surface area contributed by atoms with Crippen molar-refractivity contribution in [2.24, 2.45) is 0 Å². The Labute approximate surface area is 146 Å². The van der Waals surface area contributed by atoms with Crippen LogP contribution in [0.2, 0.25) is 0 Å². The third kappa shape index (κ3) is 2.87. The number of halogens is 1. The van der Waals surface area contributed by atoms with Crippen LogP contribution >= 0.6 is 15.9 Å². The fraction of sp³-hybridized carbons (Fsp3) is 0.526. The number of hydrogen-bond acceptors (Lipinski definition) is 2. The van der Waals surface area contributed by atoms with E-state index in [1.165, 1.54) is 54.5 Å². The number of aryl methyl sites for hydroxylation is 1. The van der Waals surface area contributed by atoms with Crippen LogP contribution in [-0.2, 0) is 16.6 Å². The summed E-state index contributed by atoms with van der Waals surface area (Å²) in [5.41, 5.74) is 5.62. The Morgan fingerprint density at radius 1 is 1.30 bits per heavy atom. The molecule has 1 aliphatic heterocycles. The highest BCUT2D eigenvalue weighted by atomic mass is 79.9. The second kappa shape index (κ2) is 6.06. The van der Waals surface area contributed by atoms with Crippen molar-refractivity contribution in [1.82, 2.24) is 10.2 Å². The number of rotatable bonds is 4. The molecule has 1 saturated carbocycles. The molecule has 1 aromatic carbocycles. The summed E-state index contributed by atoms with van der Waals surface area (Å²) in [5, 5.41) is 7.64. The predicted molar refractivity (Wildman–Crippen MR) is 94.8 cm³/mol. The van der Waals surface area contributed by atoms with E-state index in [9.17, 15) is 0 Å². The molecule has 3 nitrogen and oxygen atoms in total.